The van der Waals surface area contributed by atoms with Crippen LogP contribution in [0, 0.1) is 11.3 Å². The first kappa shape index (κ1) is 39.2. The third-order valence-corrected chi connectivity index (χ3v) is 8.84. The topological polar surface area (TPSA) is 160 Å². The summed E-state index contributed by atoms with van der Waals surface area (Å²) in [6.07, 6.45) is -12.5. The van der Waals surface area contributed by atoms with Crippen LogP contribution in [0.3, 0.4) is 0 Å². The van der Waals surface area contributed by atoms with Gasteiger partial charge in [0.15, 0.2) is 12.2 Å². The summed E-state index contributed by atoms with van der Waals surface area (Å²) in [7, 11) is 0. The molecule has 1 saturated heterocycles. The fraction of sp³-hybridized carbons (Fsp3) is 0.268. The van der Waals surface area contributed by atoms with Gasteiger partial charge in [0.05, 0.1) is 11.3 Å². The Morgan fingerprint density at radius 2 is 1.34 bits per heavy atom. The molecule has 0 saturated carbocycles. The number of benzene rings is 4. The van der Waals surface area contributed by atoms with Crippen LogP contribution in [0.15, 0.2) is 84.9 Å². The molecular formula is C41H33F3N2O10. The van der Waals surface area contributed by atoms with Gasteiger partial charge in [-0.05, 0) is 51.4 Å². The number of alkyl halides is 3. The Morgan fingerprint density at radius 3 is 1.98 bits per heavy atom. The highest BCUT2D eigenvalue weighted by molar-refractivity contribution is 6.08. The van der Waals surface area contributed by atoms with Crippen molar-refractivity contribution in [2.75, 3.05) is 6.61 Å². The predicted octanol–water partition coefficient (Wildman–Crippen LogP) is 7.07. The van der Waals surface area contributed by atoms with Crippen molar-refractivity contribution in [3.8, 4) is 34.3 Å². The van der Waals surface area contributed by atoms with Crippen LogP contribution in [0.5, 0.6) is 5.88 Å². The van der Waals surface area contributed by atoms with E-state index < -0.39 is 78.8 Å². The first-order valence-electron chi connectivity index (χ1n) is 17.1. The summed E-state index contributed by atoms with van der Waals surface area (Å²) in [5.41, 5.74) is -0.0498. The number of aromatic nitrogens is 1. The fourth-order valence-corrected chi connectivity index (χ4v) is 6.50. The minimum Gasteiger partial charge on any atom is -0.463 e. The zero-order valence-electron chi connectivity index (χ0n) is 30.3. The van der Waals surface area contributed by atoms with E-state index in [4.69, 9.17) is 28.4 Å². The van der Waals surface area contributed by atoms with E-state index in [-0.39, 0.29) is 22.4 Å². The summed E-state index contributed by atoms with van der Waals surface area (Å²) in [5, 5.41) is 14.3. The average Bonchev–Trinajstić information content (AvgIpc) is 3.15. The Balaban J connectivity index is 1.52. The third kappa shape index (κ3) is 8.55. The van der Waals surface area contributed by atoms with Gasteiger partial charge >= 0.3 is 30.1 Å². The van der Waals surface area contributed by atoms with Crippen LogP contribution in [0.25, 0.3) is 43.9 Å². The average molecular weight is 771 g/mol. The highest BCUT2D eigenvalue weighted by atomic mass is 19.4. The number of fused-ring (bicyclic) bond motifs is 3. The van der Waals surface area contributed by atoms with Gasteiger partial charge in [-0.1, -0.05) is 60.7 Å². The molecule has 0 N–H and O–H groups in total. The second-order valence-corrected chi connectivity index (χ2v) is 12.8. The number of ether oxygens (including phenoxy) is 6. The monoisotopic (exact) mass is 770 g/mol. The van der Waals surface area contributed by atoms with Crippen molar-refractivity contribution in [1.82, 2.24) is 4.98 Å². The van der Waals surface area contributed by atoms with Crippen molar-refractivity contribution in [3.05, 3.63) is 96.1 Å². The molecule has 0 spiro atoms. The molecule has 2 heterocycles. The minimum atomic E-state index is -4.63. The van der Waals surface area contributed by atoms with Crippen molar-refractivity contribution in [3.63, 3.8) is 0 Å². The molecule has 288 valence electrons. The lowest BCUT2D eigenvalue weighted by atomic mass is 9.95. The van der Waals surface area contributed by atoms with E-state index in [1.807, 2.05) is 54.6 Å². The highest BCUT2D eigenvalue weighted by Gasteiger charge is 2.53. The van der Waals surface area contributed by atoms with E-state index in [2.05, 4.69) is 4.98 Å². The molecule has 1 aliphatic heterocycles. The number of pyridine rings is 1. The lowest BCUT2D eigenvalue weighted by Gasteiger charge is -2.43. The molecule has 4 aromatic carbocycles. The van der Waals surface area contributed by atoms with Crippen molar-refractivity contribution >= 4 is 45.4 Å². The number of carbonyl (C=O) groups is 4. The summed E-state index contributed by atoms with van der Waals surface area (Å²) >= 11 is 0. The van der Waals surface area contributed by atoms with Crippen LogP contribution >= 0.6 is 0 Å². The van der Waals surface area contributed by atoms with Gasteiger partial charge < -0.3 is 28.4 Å². The maximum atomic E-state index is 13.6. The number of hydrogen-bond acceptors (Lipinski definition) is 12. The molecule has 0 unspecified atom stereocenters. The van der Waals surface area contributed by atoms with Gasteiger partial charge in [0.25, 0.3) is 0 Å². The molecule has 1 fully saturated rings. The van der Waals surface area contributed by atoms with Crippen LogP contribution in [-0.2, 0) is 49.0 Å². The van der Waals surface area contributed by atoms with E-state index in [0.717, 1.165) is 61.4 Å². The largest absolute Gasteiger partial charge is 0.463 e. The van der Waals surface area contributed by atoms with E-state index in [1.54, 1.807) is 6.07 Å². The first-order chi connectivity index (χ1) is 26.6. The van der Waals surface area contributed by atoms with Crippen LogP contribution in [-0.4, -0.2) is 66.2 Å². The molecule has 1 aliphatic rings. The van der Waals surface area contributed by atoms with Gasteiger partial charge in [0, 0.05) is 38.8 Å². The second-order valence-electron chi connectivity index (χ2n) is 12.8. The molecule has 15 heteroatoms. The SMILES string of the molecule is CC(=O)OC[C@H]1O[C@@H](Oc2nc(-c3ccc4c(ccc5ccccc54)c3)cc(-c3ccc(C(F)(F)F)cc3)c2C#N)[C@H](OC(C)=O)[C@@H](OC(C)=O)[C@@H]1OC(C)=O. The number of carbonyl (C=O) groups excluding carboxylic acids is 4. The second kappa shape index (κ2) is 16.1. The molecule has 6 rings (SSSR count). The first-order valence-corrected chi connectivity index (χ1v) is 17.1. The molecule has 0 radical (unpaired) electrons. The number of hydrogen-bond donors (Lipinski definition) is 0. The Labute approximate surface area is 317 Å². The molecule has 0 amide bonds. The van der Waals surface area contributed by atoms with Crippen molar-refractivity contribution in [2.24, 2.45) is 0 Å². The maximum Gasteiger partial charge on any atom is 0.416 e. The van der Waals surface area contributed by atoms with E-state index in [0.29, 0.717) is 5.56 Å². The van der Waals surface area contributed by atoms with Gasteiger partial charge in [0.2, 0.25) is 18.3 Å². The molecule has 12 nitrogen and oxygen atoms in total. The number of esters is 4. The van der Waals surface area contributed by atoms with E-state index in [9.17, 15) is 37.6 Å². The summed E-state index contributed by atoms with van der Waals surface area (Å²) < 4.78 is 74.6. The summed E-state index contributed by atoms with van der Waals surface area (Å²) in [6, 6.07) is 24.9. The summed E-state index contributed by atoms with van der Waals surface area (Å²) in [5.74, 6) is -3.73. The Morgan fingerprint density at radius 1 is 0.732 bits per heavy atom. The lowest BCUT2D eigenvalue weighted by Crippen LogP contribution is -2.63. The quantitative estimate of drug-likeness (QED) is 0.0853. The molecular weight excluding hydrogens is 737 g/mol. The number of halogens is 3. The number of rotatable bonds is 9. The van der Waals surface area contributed by atoms with Gasteiger partial charge in [-0.25, -0.2) is 4.98 Å². The van der Waals surface area contributed by atoms with Crippen molar-refractivity contribution < 1.29 is 60.8 Å². The highest BCUT2D eigenvalue weighted by Crippen LogP contribution is 2.39. The smallest absolute Gasteiger partial charge is 0.416 e. The predicted molar refractivity (Wildman–Crippen MR) is 192 cm³/mol. The molecule has 0 aliphatic carbocycles. The summed E-state index contributed by atoms with van der Waals surface area (Å²) in [4.78, 5) is 53.5. The standard InChI is InChI=1S/C41H33F3N2O10/c1-21(47)51-20-35-36(52-22(2)48)37(53-23(3)49)38(54-24(4)50)40(55-35)56-39-33(19-45)32(26-11-14-29(15-12-26)41(42,43)44)18-34(46-39)28-13-16-31-27(17-28)10-9-25-7-5-6-8-30(25)31/h5-18,35-38,40H,20H2,1-4H3/t35-,36-,37+,38-,40+/m1/s1. The van der Waals surface area contributed by atoms with Gasteiger partial charge in [-0.15, -0.1) is 0 Å². The molecule has 1 aromatic heterocycles. The zero-order valence-corrected chi connectivity index (χ0v) is 30.3. The Kier molecular flexibility index (Phi) is 11.2. The Bertz CT molecular complexity index is 2370. The molecule has 56 heavy (non-hydrogen) atoms. The summed E-state index contributed by atoms with van der Waals surface area (Å²) in [6.45, 7) is 3.76. The van der Waals surface area contributed by atoms with Crippen molar-refractivity contribution in [1.29, 1.82) is 5.26 Å². The third-order valence-electron chi connectivity index (χ3n) is 8.84. The number of nitriles is 1. The zero-order chi connectivity index (χ0) is 40.3. The van der Waals surface area contributed by atoms with Gasteiger partial charge in [-0.3, -0.25) is 19.2 Å². The van der Waals surface area contributed by atoms with Crippen LogP contribution in [0.2, 0.25) is 0 Å². The maximum absolute atomic E-state index is 13.6. The Hall–Kier alpha value is -6.53. The van der Waals surface area contributed by atoms with Gasteiger partial charge in [-0.2, -0.15) is 18.4 Å². The van der Waals surface area contributed by atoms with Crippen molar-refractivity contribution in [2.45, 2.75) is 64.6 Å². The van der Waals surface area contributed by atoms with Crippen LogP contribution < -0.4 is 4.74 Å². The number of nitrogens with zero attached hydrogens (tertiary/aromatic N) is 2. The van der Waals surface area contributed by atoms with Crippen LogP contribution in [0.4, 0.5) is 13.2 Å². The van der Waals surface area contributed by atoms with Crippen LogP contribution in [0.1, 0.15) is 38.8 Å². The molecule has 0 bridgehead atoms. The van der Waals surface area contributed by atoms with Gasteiger partial charge in [0.1, 0.15) is 24.3 Å². The minimum absolute atomic E-state index is 0.130. The molecule has 5 aromatic rings. The van der Waals surface area contributed by atoms with E-state index in [1.165, 1.54) is 18.2 Å². The fourth-order valence-electron chi connectivity index (χ4n) is 6.50. The normalized spacial score (nSPS) is 19.4. The molecule has 5 atom stereocenters. The van der Waals surface area contributed by atoms with E-state index >= 15 is 0 Å². The lowest BCUT2D eigenvalue weighted by molar-refractivity contribution is -0.289.